The minimum Gasteiger partial charge on any atom is -0.315 e. The largest absolute Gasteiger partial charge is 0.315 e. The quantitative estimate of drug-likeness (QED) is 0.564. The summed E-state index contributed by atoms with van der Waals surface area (Å²) < 4.78 is 0. The molecule has 1 unspecified atom stereocenters. The lowest BCUT2D eigenvalue weighted by Crippen LogP contribution is -2.38. The number of likely N-dealkylation sites (N-methyl/N-ethyl adjacent to an activating group) is 1. The summed E-state index contributed by atoms with van der Waals surface area (Å²) in [6.45, 7) is 8.02. The summed E-state index contributed by atoms with van der Waals surface area (Å²) in [5.41, 5.74) is 0. The molecule has 0 fully saturated rings. The lowest BCUT2D eigenvalue weighted by atomic mass is 10.2. The van der Waals surface area contributed by atoms with Crippen LogP contribution in [0.5, 0.6) is 0 Å². The van der Waals surface area contributed by atoms with Crippen LogP contribution >= 0.6 is 11.8 Å². The van der Waals surface area contributed by atoms with Crippen LogP contribution in [0.1, 0.15) is 39.5 Å². The van der Waals surface area contributed by atoms with Gasteiger partial charge in [-0.15, -0.1) is 0 Å². The van der Waals surface area contributed by atoms with Crippen molar-refractivity contribution in [3.63, 3.8) is 0 Å². The molecule has 1 N–H and O–H groups in total. The zero-order valence-electron chi connectivity index (χ0n) is 11.6. The van der Waals surface area contributed by atoms with Gasteiger partial charge in [0, 0.05) is 24.9 Å². The lowest BCUT2D eigenvalue weighted by Gasteiger charge is -2.26. The first-order valence-corrected chi connectivity index (χ1v) is 8.05. The van der Waals surface area contributed by atoms with Gasteiger partial charge in [-0.05, 0) is 32.7 Å². The SMILES string of the molecule is CCCCCNCCN(C)C(CC)CSC. The minimum absolute atomic E-state index is 0.743. The second-order valence-electron chi connectivity index (χ2n) is 4.46. The van der Waals surface area contributed by atoms with Gasteiger partial charge in [0.25, 0.3) is 0 Å². The van der Waals surface area contributed by atoms with Crippen molar-refractivity contribution in [3.05, 3.63) is 0 Å². The fourth-order valence-corrected chi connectivity index (χ4v) is 2.69. The minimum atomic E-state index is 0.743. The van der Waals surface area contributed by atoms with Crippen LogP contribution in [-0.2, 0) is 0 Å². The van der Waals surface area contributed by atoms with Crippen LogP contribution in [0.15, 0.2) is 0 Å². The van der Waals surface area contributed by atoms with Crippen molar-refractivity contribution in [3.8, 4) is 0 Å². The van der Waals surface area contributed by atoms with Crippen LogP contribution < -0.4 is 5.32 Å². The molecular weight excluding hydrogens is 216 g/mol. The van der Waals surface area contributed by atoms with Crippen molar-refractivity contribution in [2.75, 3.05) is 38.7 Å². The zero-order valence-corrected chi connectivity index (χ0v) is 12.4. The van der Waals surface area contributed by atoms with Gasteiger partial charge in [-0.1, -0.05) is 26.7 Å². The van der Waals surface area contributed by atoms with Crippen molar-refractivity contribution < 1.29 is 0 Å². The van der Waals surface area contributed by atoms with Gasteiger partial charge in [0.05, 0.1) is 0 Å². The first-order chi connectivity index (χ1) is 7.76. The number of rotatable bonds is 11. The highest BCUT2D eigenvalue weighted by Crippen LogP contribution is 2.07. The fraction of sp³-hybridized carbons (Fsp3) is 1.00. The normalized spacial score (nSPS) is 13.3. The Bertz CT molecular complexity index is 142. The third-order valence-electron chi connectivity index (χ3n) is 3.05. The summed E-state index contributed by atoms with van der Waals surface area (Å²) in [4.78, 5) is 2.49. The standard InChI is InChI=1S/C13H30N2S/c1-5-7-8-9-14-10-11-15(3)13(6-2)12-16-4/h13-14H,5-12H2,1-4H3. The van der Waals surface area contributed by atoms with Gasteiger partial charge in [-0.3, -0.25) is 0 Å². The molecule has 0 saturated heterocycles. The van der Waals surface area contributed by atoms with Gasteiger partial charge in [-0.25, -0.2) is 0 Å². The number of nitrogens with one attached hydrogen (secondary N) is 1. The molecule has 0 spiro atoms. The van der Waals surface area contributed by atoms with Crippen LogP contribution in [0.4, 0.5) is 0 Å². The van der Waals surface area contributed by atoms with Crippen molar-refractivity contribution in [1.82, 2.24) is 10.2 Å². The van der Waals surface area contributed by atoms with E-state index in [0.29, 0.717) is 0 Å². The number of hydrogen-bond donors (Lipinski definition) is 1. The molecule has 0 aromatic carbocycles. The van der Waals surface area contributed by atoms with E-state index in [1.165, 1.54) is 44.5 Å². The van der Waals surface area contributed by atoms with Gasteiger partial charge in [-0.2, -0.15) is 11.8 Å². The maximum Gasteiger partial charge on any atom is 0.0181 e. The van der Waals surface area contributed by atoms with Gasteiger partial charge in [0.15, 0.2) is 0 Å². The average Bonchev–Trinajstić information content (AvgIpc) is 2.30. The van der Waals surface area contributed by atoms with Crippen LogP contribution in [0.3, 0.4) is 0 Å². The number of nitrogens with zero attached hydrogens (tertiary/aromatic N) is 1. The van der Waals surface area contributed by atoms with Crippen LogP contribution in [0.25, 0.3) is 0 Å². The van der Waals surface area contributed by atoms with E-state index >= 15 is 0 Å². The Labute approximate surface area is 107 Å². The van der Waals surface area contributed by atoms with E-state index in [4.69, 9.17) is 0 Å². The Morgan fingerprint density at radius 1 is 1.19 bits per heavy atom. The lowest BCUT2D eigenvalue weighted by molar-refractivity contribution is 0.256. The highest BCUT2D eigenvalue weighted by molar-refractivity contribution is 7.98. The molecule has 0 aromatic heterocycles. The molecule has 98 valence electrons. The maximum absolute atomic E-state index is 3.52. The Kier molecular flexibility index (Phi) is 11.9. The van der Waals surface area contributed by atoms with Crippen LogP contribution in [0.2, 0.25) is 0 Å². The summed E-state index contributed by atoms with van der Waals surface area (Å²) in [5.74, 6) is 1.25. The van der Waals surface area contributed by atoms with Crippen LogP contribution in [0, 0.1) is 0 Å². The van der Waals surface area contributed by atoms with Crippen molar-refractivity contribution in [2.24, 2.45) is 0 Å². The van der Waals surface area contributed by atoms with E-state index in [0.717, 1.165) is 12.6 Å². The van der Waals surface area contributed by atoms with E-state index in [9.17, 15) is 0 Å². The average molecular weight is 246 g/mol. The second kappa shape index (κ2) is 11.7. The predicted octanol–water partition coefficient (Wildman–Crippen LogP) is 2.84. The molecule has 0 radical (unpaired) electrons. The first kappa shape index (κ1) is 16.3. The second-order valence-corrected chi connectivity index (χ2v) is 5.37. The molecule has 0 heterocycles. The first-order valence-electron chi connectivity index (χ1n) is 6.66. The van der Waals surface area contributed by atoms with Gasteiger partial charge in [0.1, 0.15) is 0 Å². The molecule has 0 aliphatic heterocycles. The van der Waals surface area contributed by atoms with E-state index < -0.39 is 0 Å². The van der Waals surface area contributed by atoms with Crippen molar-refractivity contribution in [2.45, 2.75) is 45.6 Å². The Hall–Kier alpha value is 0.270. The summed E-state index contributed by atoms with van der Waals surface area (Å²) in [7, 11) is 2.25. The molecule has 0 amide bonds. The Balaban J connectivity index is 3.43. The monoisotopic (exact) mass is 246 g/mol. The molecule has 2 nitrogen and oxygen atoms in total. The van der Waals surface area contributed by atoms with Crippen molar-refractivity contribution in [1.29, 1.82) is 0 Å². The Morgan fingerprint density at radius 2 is 1.94 bits per heavy atom. The zero-order chi connectivity index (χ0) is 12.2. The van der Waals surface area contributed by atoms with E-state index in [-0.39, 0.29) is 0 Å². The highest BCUT2D eigenvalue weighted by Gasteiger charge is 2.10. The molecule has 0 aliphatic carbocycles. The molecule has 0 rings (SSSR count). The molecule has 0 aliphatic rings. The summed E-state index contributed by atoms with van der Waals surface area (Å²) in [5, 5.41) is 3.52. The van der Waals surface area contributed by atoms with Crippen molar-refractivity contribution >= 4 is 11.8 Å². The maximum atomic E-state index is 3.52. The van der Waals surface area contributed by atoms with E-state index in [1.54, 1.807) is 0 Å². The topological polar surface area (TPSA) is 15.3 Å². The molecular formula is C13H30N2S. The molecule has 0 aromatic rings. The Morgan fingerprint density at radius 3 is 2.50 bits per heavy atom. The summed E-state index contributed by atoms with van der Waals surface area (Å²) >= 11 is 1.95. The third kappa shape index (κ3) is 8.43. The molecule has 16 heavy (non-hydrogen) atoms. The van der Waals surface area contributed by atoms with Crippen LogP contribution in [-0.4, -0.2) is 49.6 Å². The fourth-order valence-electron chi connectivity index (χ4n) is 1.81. The van der Waals surface area contributed by atoms with Gasteiger partial charge >= 0.3 is 0 Å². The number of thioether (sulfide) groups is 1. The highest BCUT2D eigenvalue weighted by atomic mass is 32.2. The van der Waals surface area contributed by atoms with E-state index in [2.05, 4.69) is 37.4 Å². The number of unbranched alkanes of at least 4 members (excludes halogenated alkanes) is 2. The smallest absolute Gasteiger partial charge is 0.0181 e. The summed E-state index contributed by atoms with van der Waals surface area (Å²) in [6.07, 6.45) is 7.44. The molecule has 3 heteroatoms. The molecule has 0 saturated carbocycles. The van der Waals surface area contributed by atoms with Gasteiger partial charge < -0.3 is 10.2 Å². The molecule has 1 atom stereocenters. The molecule has 0 bridgehead atoms. The van der Waals surface area contributed by atoms with E-state index in [1.807, 2.05) is 11.8 Å². The predicted molar refractivity (Wildman–Crippen MR) is 77.5 cm³/mol. The number of hydrogen-bond acceptors (Lipinski definition) is 3. The third-order valence-corrected chi connectivity index (χ3v) is 3.77. The van der Waals surface area contributed by atoms with Gasteiger partial charge in [0.2, 0.25) is 0 Å². The summed E-state index contributed by atoms with van der Waals surface area (Å²) in [6, 6.07) is 0.743.